The van der Waals surface area contributed by atoms with E-state index in [1.165, 1.54) is 18.2 Å². The summed E-state index contributed by atoms with van der Waals surface area (Å²) in [7, 11) is 1.45. The van der Waals surface area contributed by atoms with Crippen LogP contribution in [0.4, 0.5) is 5.69 Å². The first-order valence-electron chi connectivity index (χ1n) is 10.3. The summed E-state index contributed by atoms with van der Waals surface area (Å²) in [6.45, 7) is 3.92. The standard InChI is InChI=1S/C26H22N2O5/c1-16-9-11-20(13-17(16)2)28-25(30)21(24(29)27-28)14-18-10-12-22(23(15-18)32-3)33-26(31)19-7-5-4-6-8-19/h4-15H,1-3H3,(H,27,29). The van der Waals surface area contributed by atoms with Crippen molar-refractivity contribution in [3.63, 3.8) is 0 Å². The number of benzene rings is 3. The predicted molar refractivity (Wildman–Crippen MR) is 124 cm³/mol. The van der Waals surface area contributed by atoms with Crippen molar-refractivity contribution in [1.82, 2.24) is 5.43 Å². The molecule has 4 rings (SSSR count). The van der Waals surface area contributed by atoms with Crippen molar-refractivity contribution in [1.29, 1.82) is 0 Å². The van der Waals surface area contributed by atoms with Crippen LogP contribution in [0.25, 0.3) is 6.08 Å². The molecule has 1 saturated heterocycles. The van der Waals surface area contributed by atoms with Gasteiger partial charge in [-0.25, -0.2) is 9.80 Å². The molecule has 2 amide bonds. The number of carbonyl (C=O) groups excluding carboxylic acids is 3. The average molecular weight is 442 g/mol. The van der Waals surface area contributed by atoms with Gasteiger partial charge in [0, 0.05) is 0 Å². The Kier molecular flexibility index (Phi) is 5.95. The van der Waals surface area contributed by atoms with Crippen LogP contribution in [0.5, 0.6) is 11.5 Å². The Hall–Kier alpha value is -4.39. The normalized spacial score (nSPS) is 14.4. The van der Waals surface area contributed by atoms with E-state index in [4.69, 9.17) is 9.47 Å². The number of hydrogen-bond acceptors (Lipinski definition) is 5. The lowest BCUT2D eigenvalue weighted by atomic mass is 10.1. The summed E-state index contributed by atoms with van der Waals surface area (Å²) in [5.41, 5.74) is 6.23. The van der Waals surface area contributed by atoms with Crippen molar-refractivity contribution in [2.75, 3.05) is 12.1 Å². The number of amides is 2. The summed E-state index contributed by atoms with van der Waals surface area (Å²) in [5, 5.41) is 1.23. The molecule has 0 spiro atoms. The minimum atomic E-state index is -0.519. The van der Waals surface area contributed by atoms with Gasteiger partial charge in [-0.15, -0.1) is 0 Å². The van der Waals surface area contributed by atoms with Crippen LogP contribution in [0.2, 0.25) is 0 Å². The lowest BCUT2D eigenvalue weighted by Crippen LogP contribution is -2.35. The molecule has 0 radical (unpaired) electrons. The van der Waals surface area contributed by atoms with Crippen LogP contribution in [0, 0.1) is 13.8 Å². The molecule has 1 aliphatic rings. The van der Waals surface area contributed by atoms with Gasteiger partial charge in [-0.05, 0) is 73.0 Å². The van der Waals surface area contributed by atoms with E-state index in [-0.39, 0.29) is 11.3 Å². The fourth-order valence-electron chi connectivity index (χ4n) is 3.36. The fourth-order valence-corrected chi connectivity index (χ4v) is 3.36. The molecule has 1 fully saturated rings. The van der Waals surface area contributed by atoms with Gasteiger partial charge in [0.2, 0.25) is 0 Å². The SMILES string of the molecule is COc1cc(C=C2C(=O)NN(c3ccc(C)c(C)c3)C2=O)ccc1OC(=O)c1ccccc1. The summed E-state index contributed by atoms with van der Waals surface area (Å²) in [6, 6.07) is 18.9. The largest absolute Gasteiger partial charge is 0.493 e. The first-order valence-corrected chi connectivity index (χ1v) is 10.3. The van der Waals surface area contributed by atoms with Crippen molar-refractivity contribution in [3.05, 3.63) is 94.6 Å². The molecule has 33 heavy (non-hydrogen) atoms. The Labute approximate surface area is 191 Å². The number of nitrogens with one attached hydrogen (secondary N) is 1. The fraction of sp³-hybridized carbons (Fsp3) is 0.115. The van der Waals surface area contributed by atoms with Gasteiger partial charge in [0.25, 0.3) is 11.8 Å². The molecule has 7 nitrogen and oxygen atoms in total. The maximum atomic E-state index is 12.9. The molecule has 0 aliphatic carbocycles. The van der Waals surface area contributed by atoms with Crippen LogP contribution in [-0.2, 0) is 9.59 Å². The van der Waals surface area contributed by atoms with Gasteiger partial charge in [-0.1, -0.05) is 30.3 Å². The molecule has 0 bridgehead atoms. The first kappa shape index (κ1) is 21.8. The third kappa shape index (κ3) is 4.48. The van der Waals surface area contributed by atoms with E-state index in [0.717, 1.165) is 11.1 Å². The smallest absolute Gasteiger partial charge is 0.343 e. The van der Waals surface area contributed by atoms with Crippen molar-refractivity contribution in [3.8, 4) is 11.5 Å². The molecule has 7 heteroatoms. The number of esters is 1. The second-order valence-electron chi connectivity index (χ2n) is 7.57. The molecule has 1 aliphatic heterocycles. The molecule has 0 aromatic heterocycles. The molecule has 1 heterocycles. The second-order valence-corrected chi connectivity index (χ2v) is 7.57. The first-order chi connectivity index (χ1) is 15.9. The van der Waals surface area contributed by atoms with Crippen molar-refractivity contribution in [2.45, 2.75) is 13.8 Å². The van der Waals surface area contributed by atoms with Crippen molar-refractivity contribution < 1.29 is 23.9 Å². The highest BCUT2D eigenvalue weighted by Gasteiger charge is 2.34. The van der Waals surface area contributed by atoms with Crippen LogP contribution in [0.1, 0.15) is 27.0 Å². The third-order valence-corrected chi connectivity index (χ3v) is 5.35. The van der Waals surface area contributed by atoms with E-state index in [9.17, 15) is 14.4 Å². The highest BCUT2D eigenvalue weighted by molar-refractivity contribution is 6.31. The lowest BCUT2D eigenvalue weighted by Gasteiger charge is -2.16. The maximum absolute atomic E-state index is 12.9. The van der Waals surface area contributed by atoms with Gasteiger partial charge in [0.1, 0.15) is 5.57 Å². The molecule has 166 valence electrons. The Bertz CT molecular complexity index is 1280. The van der Waals surface area contributed by atoms with Gasteiger partial charge in [0.05, 0.1) is 18.4 Å². The van der Waals surface area contributed by atoms with Crippen LogP contribution in [-0.4, -0.2) is 24.9 Å². The zero-order chi connectivity index (χ0) is 23.5. The average Bonchev–Trinajstić information content (AvgIpc) is 3.10. The zero-order valence-electron chi connectivity index (χ0n) is 18.4. The molecule has 0 atom stereocenters. The van der Waals surface area contributed by atoms with E-state index in [0.29, 0.717) is 22.6 Å². The topological polar surface area (TPSA) is 84.9 Å². The molecular weight excluding hydrogens is 420 g/mol. The number of ether oxygens (including phenoxy) is 2. The van der Waals surface area contributed by atoms with E-state index in [1.807, 2.05) is 26.0 Å². The number of rotatable bonds is 5. The Morgan fingerprint density at radius 1 is 0.909 bits per heavy atom. The van der Waals surface area contributed by atoms with Gasteiger partial charge in [-0.3, -0.25) is 15.0 Å². The highest BCUT2D eigenvalue weighted by atomic mass is 16.6. The van der Waals surface area contributed by atoms with Crippen LogP contribution in [0.15, 0.2) is 72.3 Å². The summed E-state index contributed by atoms with van der Waals surface area (Å²) in [5.74, 6) is -0.953. The predicted octanol–water partition coefficient (Wildman–Crippen LogP) is 3.99. The summed E-state index contributed by atoms with van der Waals surface area (Å²) < 4.78 is 10.8. The quantitative estimate of drug-likeness (QED) is 0.280. The Morgan fingerprint density at radius 3 is 2.36 bits per heavy atom. The molecule has 3 aromatic carbocycles. The Balaban J connectivity index is 1.58. The van der Waals surface area contributed by atoms with E-state index < -0.39 is 17.8 Å². The molecule has 3 aromatic rings. The number of hydrazine groups is 1. The molecule has 1 N–H and O–H groups in total. The summed E-state index contributed by atoms with van der Waals surface area (Å²) >= 11 is 0. The van der Waals surface area contributed by atoms with Gasteiger partial charge in [-0.2, -0.15) is 0 Å². The minimum Gasteiger partial charge on any atom is -0.493 e. The highest BCUT2D eigenvalue weighted by Crippen LogP contribution is 2.31. The number of aryl methyl sites for hydroxylation is 2. The second kappa shape index (κ2) is 9.00. The zero-order valence-corrected chi connectivity index (χ0v) is 18.4. The van der Waals surface area contributed by atoms with Gasteiger partial charge >= 0.3 is 5.97 Å². The van der Waals surface area contributed by atoms with Crippen LogP contribution in [0.3, 0.4) is 0 Å². The van der Waals surface area contributed by atoms with E-state index >= 15 is 0 Å². The number of hydrogen-bond donors (Lipinski definition) is 1. The molecule has 0 unspecified atom stereocenters. The summed E-state index contributed by atoms with van der Waals surface area (Å²) in [4.78, 5) is 37.8. The van der Waals surface area contributed by atoms with E-state index in [2.05, 4.69) is 5.43 Å². The van der Waals surface area contributed by atoms with E-state index in [1.54, 1.807) is 54.6 Å². The monoisotopic (exact) mass is 442 g/mol. The van der Waals surface area contributed by atoms with Crippen molar-refractivity contribution >= 4 is 29.5 Å². The lowest BCUT2D eigenvalue weighted by molar-refractivity contribution is -0.117. The number of carbonyl (C=O) groups is 3. The van der Waals surface area contributed by atoms with Crippen LogP contribution < -0.4 is 19.9 Å². The Morgan fingerprint density at radius 2 is 1.67 bits per heavy atom. The number of methoxy groups -OCH3 is 1. The molecule has 0 saturated carbocycles. The minimum absolute atomic E-state index is 0.00990. The van der Waals surface area contributed by atoms with Crippen LogP contribution >= 0.6 is 0 Å². The van der Waals surface area contributed by atoms with Gasteiger partial charge in [0.15, 0.2) is 11.5 Å². The van der Waals surface area contributed by atoms with Gasteiger partial charge < -0.3 is 9.47 Å². The third-order valence-electron chi connectivity index (χ3n) is 5.35. The maximum Gasteiger partial charge on any atom is 0.343 e. The number of anilines is 1. The number of nitrogens with zero attached hydrogens (tertiary/aromatic N) is 1. The molecular formula is C26H22N2O5. The summed E-state index contributed by atoms with van der Waals surface area (Å²) in [6.07, 6.45) is 1.48. The van der Waals surface area contributed by atoms with Crippen molar-refractivity contribution in [2.24, 2.45) is 0 Å².